The molecule has 35 heavy (non-hydrogen) atoms. The van der Waals surface area contributed by atoms with E-state index in [9.17, 15) is 4.79 Å². The van der Waals surface area contributed by atoms with Crippen molar-refractivity contribution in [3.05, 3.63) is 124 Å². The summed E-state index contributed by atoms with van der Waals surface area (Å²) in [6.45, 7) is 6.84. The number of carbonyl (C=O) groups is 1. The van der Waals surface area contributed by atoms with Crippen molar-refractivity contribution in [1.29, 1.82) is 0 Å². The number of amides is 1. The fourth-order valence-corrected chi connectivity index (χ4v) is 4.44. The van der Waals surface area contributed by atoms with E-state index in [4.69, 9.17) is 4.74 Å². The molecule has 4 nitrogen and oxygen atoms in total. The van der Waals surface area contributed by atoms with Gasteiger partial charge in [0.1, 0.15) is 12.4 Å². The molecule has 0 saturated carbocycles. The number of hydrazone groups is 1. The highest BCUT2D eigenvalue weighted by atomic mass is 16.5. The summed E-state index contributed by atoms with van der Waals surface area (Å²) in [4.78, 5) is 12.8. The minimum absolute atomic E-state index is 0.243. The van der Waals surface area contributed by atoms with Crippen molar-refractivity contribution in [1.82, 2.24) is 5.43 Å². The molecule has 1 amide bonds. The average molecular weight is 461 g/mol. The molecule has 0 saturated heterocycles. The summed E-state index contributed by atoms with van der Waals surface area (Å²) in [6, 6.07) is 30.0. The molecule has 0 aromatic heterocycles. The molecule has 5 rings (SSSR count). The molecular formula is C31H28N2O2. The molecule has 4 aromatic carbocycles. The van der Waals surface area contributed by atoms with Gasteiger partial charge in [0.15, 0.2) is 0 Å². The highest BCUT2D eigenvalue weighted by Gasteiger charge is 2.24. The summed E-state index contributed by atoms with van der Waals surface area (Å²) < 4.78 is 6.12. The van der Waals surface area contributed by atoms with Gasteiger partial charge in [-0.3, -0.25) is 4.79 Å². The van der Waals surface area contributed by atoms with Crippen molar-refractivity contribution in [2.24, 2.45) is 5.10 Å². The Labute approximate surface area is 206 Å². The first-order valence-electron chi connectivity index (χ1n) is 11.9. The van der Waals surface area contributed by atoms with Gasteiger partial charge < -0.3 is 4.74 Å². The largest absolute Gasteiger partial charge is 0.489 e. The van der Waals surface area contributed by atoms with Crippen LogP contribution in [0, 0.1) is 6.92 Å². The van der Waals surface area contributed by atoms with Crippen molar-refractivity contribution < 1.29 is 9.53 Å². The van der Waals surface area contributed by atoms with Crippen molar-refractivity contribution >= 4 is 11.6 Å². The summed E-state index contributed by atoms with van der Waals surface area (Å²) >= 11 is 0. The zero-order valence-electron chi connectivity index (χ0n) is 20.2. The normalized spacial score (nSPS) is 11.7. The molecule has 0 heterocycles. The van der Waals surface area contributed by atoms with E-state index in [1.807, 2.05) is 60.7 Å². The van der Waals surface area contributed by atoms with Gasteiger partial charge in [-0.15, -0.1) is 0 Å². The predicted octanol–water partition coefficient (Wildman–Crippen LogP) is 6.86. The SMILES string of the molecule is Cc1ccc(C(C)C)c(OCc2ccc(C(=O)NN=C3c4ccccc4-c4ccccc43)cc2)c1. The first kappa shape index (κ1) is 22.6. The van der Waals surface area contributed by atoms with Crippen molar-refractivity contribution in [2.45, 2.75) is 33.3 Å². The van der Waals surface area contributed by atoms with Crippen LogP contribution in [0.25, 0.3) is 11.1 Å². The van der Waals surface area contributed by atoms with Crippen LogP contribution in [0.2, 0.25) is 0 Å². The summed E-state index contributed by atoms with van der Waals surface area (Å²) in [6.07, 6.45) is 0. The Hall–Kier alpha value is -4.18. The molecule has 4 aromatic rings. The third-order valence-corrected chi connectivity index (χ3v) is 6.33. The predicted molar refractivity (Wildman–Crippen MR) is 141 cm³/mol. The number of hydrogen-bond donors (Lipinski definition) is 1. The van der Waals surface area contributed by atoms with E-state index in [1.165, 1.54) is 11.1 Å². The quantitative estimate of drug-likeness (QED) is 0.281. The lowest BCUT2D eigenvalue weighted by atomic mass is 10.0. The zero-order chi connectivity index (χ0) is 24.4. The first-order chi connectivity index (χ1) is 17.0. The summed E-state index contributed by atoms with van der Waals surface area (Å²) in [5.41, 5.74) is 11.8. The van der Waals surface area contributed by atoms with Gasteiger partial charge in [-0.2, -0.15) is 5.10 Å². The van der Waals surface area contributed by atoms with Gasteiger partial charge in [-0.1, -0.05) is 86.6 Å². The summed E-state index contributed by atoms with van der Waals surface area (Å²) in [7, 11) is 0. The Morgan fingerprint density at radius 2 is 1.43 bits per heavy atom. The summed E-state index contributed by atoms with van der Waals surface area (Å²) in [5, 5.41) is 4.51. The van der Waals surface area contributed by atoms with Gasteiger partial charge in [0.25, 0.3) is 5.91 Å². The molecule has 4 heteroatoms. The van der Waals surface area contributed by atoms with Crippen LogP contribution in [0.4, 0.5) is 0 Å². The van der Waals surface area contributed by atoms with Gasteiger partial charge >= 0.3 is 0 Å². The number of fused-ring (bicyclic) bond motifs is 3. The molecule has 0 fully saturated rings. The smallest absolute Gasteiger partial charge is 0.271 e. The number of benzene rings is 4. The van der Waals surface area contributed by atoms with Crippen LogP contribution in [-0.2, 0) is 6.61 Å². The third kappa shape index (κ3) is 4.60. The second-order valence-corrected chi connectivity index (χ2v) is 9.17. The molecular weight excluding hydrogens is 432 g/mol. The number of carbonyl (C=O) groups excluding carboxylic acids is 1. The standard InChI is InChI=1S/C31H28N2O2/c1-20(2)24-17-12-21(3)18-29(24)35-19-22-13-15-23(16-14-22)31(34)33-32-30-27-10-6-4-8-25(27)26-9-5-7-11-28(26)30/h4-18,20H,19H2,1-3H3,(H,33,34). The minimum atomic E-state index is -0.243. The van der Waals surface area contributed by atoms with Crippen LogP contribution in [0.1, 0.15) is 57.9 Å². The van der Waals surface area contributed by atoms with Gasteiger partial charge in [0.05, 0.1) is 5.71 Å². The van der Waals surface area contributed by atoms with E-state index in [1.54, 1.807) is 0 Å². The van der Waals surface area contributed by atoms with Crippen LogP contribution in [-0.4, -0.2) is 11.6 Å². The van der Waals surface area contributed by atoms with E-state index in [-0.39, 0.29) is 5.91 Å². The molecule has 0 aliphatic heterocycles. The van der Waals surface area contributed by atoms with E-state index in [0.29, 0.717) is 18.1 Å². The highest BCUT2D eigenvalue weighted by molar-refractivity contribution is 6.24. The molecule has 1 N–H and O–H groups in total. The van der Waals surface area contributed by atoms with Gasteiger partial charge in [-0.05, 0) is 58.9 Å². The molecule has 0 spiro atoms. The Balaban J connectivity index is 1.28. The maximum Gasteiger partial charge on any atom is 0.271 e. The number of nitrogens with zero attached hydrogens (tertiary/aromatic N) is 1. The lowest BCUT2D eigenvalue weighted by molar-refractivity contribution is 0.0955. The topological polar surface area (TPSA) is 50.7 Å². The van der Waals surface area contributed by atoms with E-state index in [2.05, 4.69) is 61.6 Å². The molecule has 174 valence electrons. The maximum absolute atomic E-state index is 12.8. The van der Waals surface area contributed by atoms with Crippen LogP contribution in [0.15, 0.2) is 96.1 Å². The third-order valence-electron chi connectivity index (χ3n) is 6.33. The summed E-state index contributed by atoms with van der Waals surface area (Å²) in [5.74, 6) is 1.06. The number of rotatable bonds is 6. The highest BCUT2D eigenvalue weighted by Crippen LogP contribution is 2.36. The molecule has 0 bridgehead atoms. The van der Waals surface area contributed by atoms with Crippen LogP contribution in [0.3, 0.4) is 0 Å². The Morgan fingerprint density at radius 3 is 2.03 bits per heavy atom. The van der Waals surface area contributed by atoms with Gasteiger partial charge in [0.2, 0.25) is 0 Å². The lowest BCUT2D eigenvalue weighted by Gasteiger charge is -2.15. The van der Waals surface area contributed by atoms with Crippen LogP contribution < -0.4 is 10.2 Å². The molecule has 1 aliphatic carbocycles. The number of hydrogen-bond acceptors (Lipinski definition) is 3. The number of ether oxygens (including phenoxy) is 1. The van der Waals surface area contributed by atoms with Crippen molar-refractivity contribution in [3.8, 4) is 16.9 Å². The fourth-order valence-electron chi connectivity index (χ4n) is 4.44. The Morgan fingerprint density at radius 1 is 0.829 bits per heavy atom. The number of aryl methyl sites for hydroxylation is 1. The number of nitrogens with one attached hydrogen (secondary N) is 1. The second kappa shape index (κ2) is 9.59. The van der Waals surface area contributed by atoms with E-state index >= 15 is 0 Å². The monoisotopic (exact) mass is 460 g/mol. The molecule has 0 radical (unpaired) electrons. The first-order valence-corrected chi connectivity index (χ1v) is 11.9. The Bertz CT molecular complexity index is 1370. The molecule has 1 aliphatic rings. The molecule has 0 unspecified atom stereocenters. The van der Waals surface area contributed by atoms with Gasteiger partial charge in [-0.25, -0.2) is 5.43 Å². The lowest BCUT2D eigenvalue weighted by Crippen LogP contribution is -2.20. The van der Waals surface area contributed by atoms with Crippen molar-refractivity contribution in [2.75, 3.05) is 0 Å². The Kier molecular flexibility index (Phi) is 6.19. The fraction of sp³-hybridized carbons (Fsp3) is 0.161. The van der Waals surface area contributed by atoms with Crippen molar-refractivity contribution in [3.63, 3.8) is 0 Å². The molecule has 0 atom stereocenters. The van der Waals surface area contributed by atoms with E-state index in [0.717, 1.165) is 39.3 Å². The van der Waals surface area contributed by atoms with Gasteiger partial charge in [0, 0.05) is 16.7 Å². The maximum atomic E-state index is 12.8. The van der Waals surface area contributed by atoms with Crippen LogP contribution in [0.5, 0.6) is 5.75 Å². The van der Waals surface area contributed by atoms with E-state index < -0.39 is 0 Å². The second-order valence-electron chi connectivity index (χ2n) is 9.17. The average Bonchev–Trinajstić information content (AvgIpc) is 3.20. The zero-order valence-corrected chi connectivity index (χ0v) is 20.2. The van der Waals surface area contributed by atoms with Crippen LogP contribution >= 0.6 is 0 Å². The minimum Gasteiger partial charge on any atom is -0.489 e.